The molecule has 0 aliphatic carbocycles. The highest BCUT2D eigenvalue weighted by atomic mass is 35.5. The van der Waals surface area contributed by atoms with Gasteiger partial charge in [0.25, 0.3) is 5.91 Å². The molecule has 0 radical (unpaired) electrons. The lowest BCUT2D eigenvalue weighted by Gasteiger charge is -2.16. The summed E-state index contributed by atoms with van der Waals surface area (Å²) >= 11 is 6.06. The van der Waals surface area contributed by atoms with E-state index in [0.717, 1.165) is 0 Å². The number of esters is 1. The van der Waals surface area contributed by atoms with Gasteiger partial charge in [0.2, 0.25) is 0 Å². The van der Waals surface area contributed by atoms with Crippen molar-refractivity contribution in [1.29, 1.82) is 0 Å². The predicted molar refractivity (Wildman–Crippen MR) is 81.0 cm³/mol. The van der Waals surface area contributed by atoms with E-state index in [2.05, 4.69) is 11.8 Å². The van der Waals surface area contributed by atoms with Gasteiger partial charge in [-0.05, 0) is 25.1 Å². The van der Waals surface area contributed by atoms with Gasteiger partial charge in [-0.2, -0.15) is 0 Å². The van der Waals surface area contributed by atoms with E-state index in [-0.39, 0.29) is 25.6 Å². The highest BCUT2D eigenvalue weighted by Gasteiger charge is 2.16. The summed E-state index contributed by atoms with van der Waals surface area (Å²) in [6.07, 6.45) is 0. The second kappa shape index (κ2) is 8.30. The Bertz CT molecular complexity index is 590. The van der Waals surface area contributed by atoms with Gasteiger partial charge in [-0.25, -0.2) is 0 Å². The van der Waals surface area contributed by atoms with Crippen LogP contribution in [0.15, 0.2) is 18.2 Å². The van der Waals surface area contributed by atoms with E-state index in [1.165, 1.54) is 18.0 Å². The lowest BCUT2D eigenvalue weighted by Crippen LogP contribution is -2.33. The molecular formula is C15H17ClN2O3. The van der Waals surface area contributed by atoms with E-state index >= 15 is 0 Å². The fourth-order valence-corrected chi connectivity index (χ4v) is 1.82. The third-order valence-corrected chi connectivity index (χ3v) is 2.87. The van der Waals surface area contributed by atoms with Crippen LogP contribution in [-0.2, 0) is 9.53 Å². The smallest absolute Gasteiger partial charge is 0.325 e. The van der Waals surface area contributed by atoms with Crippen LogP contribution < -0.4 is 5.73 Å². The van der Waals surface area contributed by atoms with Crippen molar-refractivity contribution in [2.45, 2.75) is 6.92 Å². The number of halogens is 1. The molecule has 0 spiro atoms. The number of hydrogen-bond acceptors (Lipinski definition) is 4. The van der Waals surface area contributed by atoms with Gasteiger partial charge in [-0.1, -0.05) is 23.4 Å². The number of nitrogens with two attached hydrogens (primary N) is 1. The number of nitrogens with zero attached hydrogens (tertiary/aromatic N) is 1. The van der Waals surface area contributed by atoms with Crippen molar-refractivity contribution in [2.24, 2.45) is 5.73 Å². The van der Waals surface area contributed by atoms with Crippen LogP contribution in [0.4, 0.5) is 0 Å². The summed E-state index contributed by atoms with van der Waals surface area (Å²) in [6, 6.07) is 4.78. The van der Waals surface area contributed by atoms with Crippen molar-refractivity contribution >= 4 is 23.5 Å². The van der Waals surface area contributed by atoms with Gasteiger partial charge in [-0.3, -0.25) is 9.59 Å². The Kier molecular flexibility index (Phi) is 6.73. The Morgan fingerprint density at radius 1 is 1.43 bits per heavy atom. The molecule has 0 fully saturated rings. The summed E-state index contributed by atoms with van der Waals surface area (Å²) in [5, 5.41) is 0.367. The van der Waals surface area contributed by atoms with Crippen LogP contribution in [0.3, 0.4) is 0 Å². The third-order valence-electron chi connectivity index (χ3n) is 2.56. The van der Waals surface area contributed by atoms with Gasteiger partial charge >= 0.3 is 5.97 Å². The molecule has 21 heavy (non-hydrogen) atoms. The summed E-state index contributed by atoms with van der Waals surface area (Å²) in [4.78, 5) is 24.8. The van der Waals surface area contributed by atoms with Crippen LogP contribution in [0.25, 0.3) is 0 Å². The van der Waals surface area contributed by atoms with E-state index in [0.29, 0.717) is 16.1 Å². The first-order chi connectivity index (χ1) is 9.99. The monoisotopic (exact) mass is 308 g/mol. The molecule has 0 saturated carbocycles. The lowest BCUT2D eigenvalue weighted by atomic mass is 10.1. The summed E-state index contributed by atoms with van der Waals surface area (Å²) in [7, 11) is 1.52. The standard InChI is InChI=1S/C15H17ClN2O3/c1-3-21-14(19)10-18(2)15(20)12-7-6-11(5-4-8-17)13(16)9-12/h6-7,9H,3,8,10,17H2,1-2H3. The molecule has 0 unspecified atom stereocenters. The second-order valence-electron chi connectivity index (χ2n) is 4.17. The van der Waals surface area contributed by atoms with Crippen LogP contribution >= 0.6 is 11.6 Å². The topological polar surface area (TPSA) is 72.6 Å². The fraction of sp³-hybridized carbons (Fsp3) is 0.333. The quantitative estimate of drug-likeness (QED) is 0.672. The van der Waals surface area contributed by atoms with Crippen LogP contribution in [0, 0.1) is 11.8 Å². The van der Waals surface area contributed by atoms with Crippen molar-refractivity contribution in [2.75, 3.05) is 26.7 Å². The zero-order chi connectivity index (χ0) is 15.8. The Morgan fingerprint density at radius 2 is 2.14 bits per heavy atom. The SMILES string of the molecule is CCOC(=O)CN(C)C(=O)c1ccc(C#CCN)c(Cl)c1. The van der Waals surface area contributed by atoms with E-state index < -0.39 is 5.97 Å². The molecule has 1 aromatic rings. The first-order valence-corrected chi connectivity index (χ1v) is 6.77. The van der Waals surface area contributed by atoms with Gasteiger partial charge in [0.05, 0.1) is 18.2 Å². The molecule has 1 amide bonds. The molecule has 0 bridgehead atoms. The fourth-order valence-electron chi connectivity index (χ4n) is 1.59. The number of benzene rings is 1. The zero-order valence-electron chi connectivity index (χ0n) is 12.0. The lowest BCUT2D eigenvalue weighted by molar-refractivity contribution is -0.143. The molecule has 0 heterocycles. The van der Waals surface area contributed by atoms with Gasteiger partial charge in [0.15, 0.2) is 0 Å². The number of amides is 1. The minimum absolute atomic E-state index is 0.112. The normalized spacial score (nSPS) is 9.52. The molecule has 0 aromatic heterocycles. The van der Waals surface area contributed by atoms with E-state index in [1.54, 1.807) is 19.1 Å². The Balaban J connectivity index is 2.83. The predicted octanol–water partition coefficient (Wildman–Crippen LogP) is 1.29. The number of ether oxygens (including phenoxy) is 1. The maximum atomic E-state index is 12.2. The van der Waals surface area contributed by atoms with Crippen molar-refractivity contribution in [3.63, 3.8) is 0 Å². The van der Waals surface area contributed by atoms with Crippen LogP contribution in [0.2, 0.25) is 5.02 Å². The molecule has 0 aliphatic heterocycles. The minimum Gasteiger partial charge on any atom is -0.465 e. The molecule has 1 aromatic carbocycles. The first-order valence-electron chi connectivity index (χ1n) is 6.39. The molecule has 2 N–H and O–H groups in total. The zero-order valence-corrected chi connectivity index (χ0v) is 12.7. The highest BCUT2D eigenvalue weighted by molar-refractivity contribution is 6.32. The Morgan fingerprint density at radius 3 is 2.71 bits per heavy atom. The van der Waals surface area contributed by atoms with Gasteiger partial charge in [0.1, 0.15) is 6.54 Å². The number of rotatable bonds is 4. The van der Waals surface area contributed by atoms with Gasteiger partial charge in [0, 0.05) is 18.2 Å². The van der Waals surface area contributed by atoms with E-state index in [4.69, 9.17) is 22.1 Å². The van der Waals surface area contributed by atoms with Crippen LogP contribution in [0.5, 0.6) is 0 Å². The van der Waals surface area contributed by atoms with E-state index in [9.17, 15) is 9.59 Å². The molecule has 112 valence electrons. The van der Waals surface area contributed by atoms with Crippen LogP contribution in [0.1, 0.15) is 22.8 Å². The maximum absolute atomic E-state index is 12.2. The van der Waals surface area contributed by atoms with E-state index in [1.807, 2.05) is 0 Å². The van der Waals surface area contributed by atoms with Crippen molar-refractivity contribution in [3.05, 3.63) is 34.3 Å². The van der Waals surface area contributed by atoms with Gasteiger partial charge < -0.3 is 15.4 Å². The Labute approximate surface area is 129 Å². The summed E-state index contributed by atoms with van der Waals surface area (Å²) in [5.74, 6) is 4.73. The van der Waals surface area contributed by atoms with Gasteiger partial charge in [-0.15, -0.1) is 0 Å². The summed E-state index contributed by atoms with van der Waals surface area (Å²) in [6.45, 7) is 2.11. The average Bonchev–Trinajstić information content (AvgIpc) is 2.45. The number of carbonyl (C=O) groups is 2. The molecule has 6 heteroatoms. The number of likely N-dealkylation sites (N-methyl/N-ethyl adjacent to an activating group) is 1. The largest absolute Gasteiger partial charge is 0.465 e. The molecule has 0 saturated heterocycles. The third kappa shape index (κ3) is 5.10. The molecule has 1 rings (SSSR count). The number of carbonyl (C=O) groups excluding carboxylic acids is 2. The number of hydrogen-bond donors (Lipinski definition) is 1. The van der Waals surface area contributed by atoms with Crippen molar-refractivity contribution < 1.29 is 14.3 Å². The summed E-state index contributed by atoms with van der Waals surface area (Å²) < 4.78 is 4.80. The average molecular weight is 309 g/mol. The van der Waals surface area contributed by atoms with Crippen molar-refractivity contribution in [1.82, 2.24) is 4.90 Å². The van der Waals surface area contributed by atoms with Crippen molar-refractivity contribution in [3.8, 4) is 11.8 Å². The molecule has 5 nitrogen and oxygen atoms in total. The first kappa shape index (κ1) is 17.0. The molecular weight excluding hydrogens is 292 g/mol. The second-order valence-corrected chi connectivity index (χ2v) is 4.57. The Hall–Kier alpha value is -2.03. The molecule has 0 atom stereocenters. The van der Waals surface area contributed by atoms with Crippen LogP contribution in [-0.4, -0.2) is 43.5 Å². The maximum Gasteiger partial charge on any atom is 0.325 e. The summed E-state index contributed by atoms with van der Waals surface area (Å²) in [5.41, 5.74) is 6.28. The highest BCUT2D eigenvalue weighted by Crippen LogP contribution is 2.18. The minimum atomic E-state index is -0.454. The molecule has 0 aliphatic rings.